The van der Waals surface area contributed by atoms with Gasteiger partial charge in [-0.05, 0) is 73.9 Å². The summed E-state index contributed by atoms with van der Waals surface area (Å²) >= 11 is 1.52. The Hall–Kier alpha value is -2.57. The van der Waals surface area contributed by atoms with Crippen LogP contribution >= 0.6 is 11.8 Å². The van der Waals surface area contributed by atoms with Gasteiger partial charge < -0.3 is 15.5 Å². The number of benzene rings is 2. The molecule has 0 heterocycles. The van der Waals surface area contributed by atoms with Crippen LogP contribution in [0.5, 0.6) is 0 Å². The highest BCUT2D eigenvalue weighted by atomic mass is 32.2. The molecule has 2 N–H and O–H groups in total. The number of nitrogens with zero attached hydrogens (tertiary/aromatic N) is 1. The summed E-state index contributed by atoms with van der Waals surface area (Å²) in [6, 6.07) is 10.6. The number of sulfone groups is 1. The largest absolute Gasteiger partial charge is 0.416 e. The lowest BCUT2D eigenvalue weighted by Crippen LogP contribution is -2.52. The summed E-state index contributed by atoms with van der Waals surface area (Å²) in [4.78, 5) is 28.2. The van der Waals surface area contributed by atoms with Crippen LogP contribution in [0.4, 0.5) is 13.2 Å². The van der Waals surface area contributed by atoms with Gasteiger partial charge in [0.2, 0.25) is 5.91 Å². The molecule has 3 atom stereocenters. The quantitative estimate of drug-likeness (QED) is 0.387. The van der Waals surface area contributed by atoms with Crippen molar-refractivity contribution in [2.75, 3.05) is 25.6 Å². The number of rotatable bonds is 10. The summed E-state index contributed by atoms with van der Waals surface area (Å²) in [5, 5.41) is 5.88. The summed E-state index contributed by atoms with van der Waals surface area (Å²) in [5.74, 6) is -1.75. The Morgan fingerprint density at radius 2 is 1.77 bits per heavy atom. The van der Waals surface area contributed by atoms with Crippen molar-refractivity contribution in [2.45, 2.75) is 67.2 Å². The van der Waals surface area contributed by atoms with Crippen LogP contribution in [0, 0.1) is 5.92 Å². The lowest BCUT2D eigenvalue weighted by molar-refractivity contribution is -0.137. The van der Waals surface area contributed by atoms with Crippen molar-refractivity contribution in [2.24, 2.45) is 5.92 Å². The molecule has 2 aromatic rings. The summed E-state index contributed by atoms with van der Waals surface area (Å²) in [5.41, 5.74) is -1.16. The van der Waals surface area contributed by atoms with Gasteiger partial charge in [-0.2, -0.15) is 13.2 Å². The Bertz CT molecular complexity index is 1280. The molecular formula is C28H36F3N3O4S2. The summed E-state index contributed by atoms with van der Waals surface area (Å²) in [6.45, 7) is 3.62. The van der Waals surface area contributed by atoms with Crippen molar-refractivity contribution in [3.05, 3.63) is 59.7 Å². The molecule has 0 unspecified atom stereocenters. The first-order valence-corrected chi connectivity index (χ1v) is 15.9. The molecule has 3 rings (SSSR count). The number of amides is 2. The van der Waals surface area contributed by atoms with Gasteiger partial charge in [0.25, 0.3) is 5.91 Å². The topological polar surface area (TPSA) is 95.6 Å². The minimum Gasteiger partial charge on any atom is -0.343 e. The molecule has 0 radical (unpaired) electrons. The number of halogens is 3. The molecule has 0 aromatic heterocycles. The minimum atomic E-state index is -4.60. The van der Waals surface area contributed by atoms with E-state index in [0.717, 1.165) is 29.5 Å². The van der Waals surface area contributed by atoms with E-state index in [4.69, 9.17) is 0 Å². The van der Waals surface area contributed by atoms with Gasteiger partial charge in [-0.3, -0.25) is 9.59 Å². The van der Waals surface area contributed by atoms with Crippen molar-refractivity contribution in [3.63, 3.8) is 0 Å². The van der Waals surface area contributed by atoms with E-state index in [9.17, 15) is 31.2 Å². The molecule has 40 heavy (non-hydrogen) atoms. The molecule has 0 bridgehead atoms. The number of hydrogen-bond acceptors (Lipinski definition) is 6. The lowest BCUT2D eigenvalue weighted by atomic mass is 9.81. The van der Waals surface area contributed by atoms with Crippen LogP contribution in [0.25, 0.3) is 0 Å². The highest BCUT2D eigenvalue weighted by Crippen LogP contribution is 2.32. The lowest BCUT2D eigenvalue weighted by Gasteiger charge is -2.41. The smallest absolute Gasteiger partial charge is 0.343 e. The van der Waals surface area contributed by atoms with Crippen LogP contribution in [0.2, 0.25) is 0 Å². The van der Waals surface area contributed by atoms with Crippen molar-refractivity contribution in [3.8, 4) is 0 Å². The molecule has 1 fully saturated rings. The Morgan fingerprint density at radius 3 is 2.38 bits per heavy atom. The number of thioether (sulfide) groups is 1. The van der Waals surface area contributed by atoms with Gasteiger partial charge in [-0.25, -0.2) is 8.42 Å². The standard InChI is InChI=1S/C28H36F3N3O4S2/c1-18(2)33-22-8-13-25(20(15-22)17-40(37,38)24-11-9-23(39-4)10-12-24)34(3)26(35)16-32-27(36)19-6-5-7-21(14-19)28(29,30)31/h5-7,9-12,14,18,20,22,25,33H,8,13,15-17H2,1-4H3,(H,32,36)/t20-,22+,25-/m0/s1. The van der Waals surface area contributed by atoms with E-state index in [1.165, 1.54) is 22.7 Å². The van der Waals surface area contributed by atoms with Crippen LogP contribution < -0.4 is 10.6 Å². The zero-order valence-electron chi connectivity index (χ0n) is 23.0. The molecule has 0 aliphatic heterocycles. The fourth-order valence-electron chi connectivity index (χ4n) is 5.13. The van der Waals surface area contributed by atoms with E-state index in [-0.39, 0.29) is 40.3 Å². The van der Waals surface area contributed by atoms with Crippen LogP contribution in [0.15, 0.2) is 58.3 Å². The van der Waals surface area contributed by atoms with Gasteiger partial charge >= 0.3 is 6.18 Å². The van der Waals surface area contributed by atoms with E-state index in [2.05, 4.69) is 10.6 Å². The zero-order chi connectivity index (χ0) is 29.7. The number of carbonyl (C=O) groups is 2. The third kappa shape index (κ3) is 8.47. The third-order valence-corrected chi connectivity index (χ3v) is 9.71. The molecular weight excluding hydrogens is 563 g/mol. The van der Waals surface area contributed by atoms with Crippen LogP contribution in [0.1, 0.15) is 49.0 Å². The van der Waals surface area contributed by atoms with Gasteiger partial charge in [0.05, 0.1) is 22.8 Å². The first-order valence-electron chi connectivity index (χ1n) is 13.0. The van der Waals surface area contributed by atoms with E-state index >= 15 is 0 Å². The first kappa shape index (κ1) is 32.0. The van der Waals surface area contributed by atoms with E-state index < -0.39 is 39.9 Å². The predicted molar refractivity (Wildman–Crippen MR) is 150 cm³/mol. The van der Waals surface area contributed by atoms with Gasteiger partial charge in [-0.15, -0.1) is 11.8 Å². The average molecular weight is 600 g/mol. The molecule has 2 amide bonds. The van der Waals surface area contributed by atoms with Gasteiger partial charge in [0, 0.05) is 35.6 Å². The maximum atomic E-state index is 13.4. The van der Waals surface area contributed by atoms with Crippen molar-refractivity contribution < 1.29 is 31.2 Å². The second kappa shape index (κ2) is 13.4. The molecule has 220 valence electrons. The van der Waals surface area contributed by atoms with Crippen molar-refractivity contribution in [1.29, 1.82) is 0 Å². The Kier molecular flexibility index (Phi) is 10.7. The summed E-state index contributed by atoms with van der Waals surface area (Å²) in [6.07, 6.45) is -0.816. The minimum absolute atomic E-state index is 0.0967. The summed E-state index contributed by atoms with van der Waals surface area (Å²) in [7, 11) is -2.07. The van der Waals surface area contributed by atoms with Crippen LogP contribution in [-0.2, 0) is 20.8 Å². The van der Waals surface area contributed by atoms with E-state index in [1.54, 1.807) is 31.3 Å². The fraction of sp³-hybridized carbons (Fsp3) is 0.500. The van der Waals surface area contributed by atoms with Gasteiger partial charge in [0.15, 0.2) is 9.84 Å². The number of carbonyl (C=O) groups excluding carboxylic acids is 2. The normalized spacial score (nSPS) is 19.9. The van der Waals surface area contributed by atoms with E-state index in [0.29, 0.717) is 12.8 Å². The Morgan fingerprint density at radius 1 is 1.10 bits per heavy atom. The number of nitrogens with one attached hydrogen (secondary N) is 2. The second-order valence-corrected chi connectivity index (χ2v) is 13.3. The van der Waals surface area contributed by atoms with Crippen LogP contribution in [0.3, 0.4) is 0 Å². The number of likely N-dealkylation sites (N-methyl/N-ethyl adjacent to an activating group) is 1. The predicted octanol–water partition coefficient (Wildman–Crippen LogP) is 4.62. The highest BCUT2D eigenvalue weighted by molar-refractivity contribution is 7.98. The van der Waals surface area contributed by atoms with Gasteiger partial charge in [0.1, 0.15) is 0 Å². The molecule has 0 saturated heterocycles. The molecule has 7 nitrogen and oxygen atoms in total. The SMILES string of the molecule is CSc1ccc(S(=O)(=O)C[C@@H]2C[C@H](NC(C)C)CC[C@@H]2N(C)C(=O)CNC(=O)c2cccc(C(F)(F)F)c2)cc1. The van der Waals surface area contributed by atoms with Crippen molar-refractivity contribution in [1.82, 2.24) is 15.5 Å². The summed E-state index contributed by atoms with van der Waals surface area (Å²) < 4.78 is 65.8. The number of alkyl halides is 3. The Balaban J connectivity index is 1.72. The van der Waals surface area contributed by atoms with Crippen LogP contribution in [-0.4, -0.2) is 68.9 Å². The fourth-order valence-corrected chi connectivity index (χ4v) is 7.20. The molecule has 1 saturated carbocycles. The first-order chi connectivity index (χ1) is 18.7. The second-order valence-electron chi connectivity index (χ2n) is 10.4. The third-order valence-electron chi connectivity index (χ3n) is 7.11. The molecule has 1 aliphatic carbocycles. The zero-order valence-corrected chi connectivity index (χ0v) is 24.6. The Labute approximate surface area is 238 Å². The molecule has 1 aliphatic rings. The molecule has 2 aromatic carbocycles. The van der Waals surface area contributed by atoms with Gasteiger partial charge in [-0.1, -0.05) is 19.9 Å². The molecule has 12 heteroatoms. The maximum absolute atomic E-state index is 13.4. The van der Waals surface area contributed by atoms with E-state index in [1.807, 2.05) is 20.1 Å². The number of hydrogen-bond donors (Lipinski definition) is 2. The van der Waals surface area contributed by atoms with Crippen molar-refractivity contribution >= 4 is 33.4 Å². The average Bonchev–Trinajstić information content (AvgIpc) is 2.90. The maximum Gasteiger partial charge on any atom is 0.416 e. The molecule has 0 spiro atoms. The monoisotopic (exact) mass is 599 g/mol. The highest BCUT2D eigenvalue weighted by Gasteiger charge is 2.38.